The molecule has 0 amide bonds. The van der Waals surface area contributed by atoms with Crippen LogP contribution in [-0.2, 0) is 0 Å². The number of benzene rings is 2. The fourth-order valence-electron chi connectivity index (χ4n) is 2.12. The van der Waals surface area contributed by atoms with E-state index in [4.69, 9.17) is 5.73 Å². The summed E-state index contributed by atoms with van der Waals surface area (Å²) in [6.07, 6.45) is 1.24. The molecular weight excluding hydrogens is 242 g/mol. The molecule has 2 aromatic carbocycles. The molecule has 4 N–H and O–H groups in total. The van der Waals surface area contributed by atoms with Crippen molar-refractivity contribution in [1.29, 1.82) is 0 Å². The number of fused-ring (bicyclic) bond motifs is 1. The van der Waals surface area contributed by atoms with Crippen LogP contribution in [0.5, 0.6) is 5.75 Å². The van der Waals surface area contributed by atoms with Gasteiger partial charge in [-0.1, -0.05) is 30.3 Å². The predicted molar refractivity (Wildman–Crippen MR) is 73.9 cm³/mol. The topological polar surface area (TPSA) is 92.0 Å². The molecule has 0 aliphatic heterocycles. The Labute approximate surface area is 108 Å². The monoisotopic (exact) mass is 253 g/mol. The summed E-state index contributed by atoms with van der Waals surface area (Å²) in [5.74, 6) is -0.0610. The molecule has 5 heteroatoms. The zero-order valence-corrected chi connectivity index (χ0v) is 9.92. The molecule has 0 aliphatic carbocycles. The van der Waals surface area contributed by atoms with Gasteiger partial charge in [0, 0.05) is 5.56 Å². The molecule has 0 unspecified atom stereocenters. The fraction of sp³-hybridized carbons (Fsp3) is 0. The van der Waals surface area contributed by atoms with E-state index in [-0.39, 0.29) is 22.2 Å². The number of aromatic amines is 1. The Morgan fingerprint density at radius 3 is 2.68 bits per heavy atom. The van der Waals surface area contributed by atoms with Crippen LogP contribution in [0.4, 0.5) is 5.69 Å². The van der Waals surface area contributed by atoms with E-state index < -0.39 is 0 Å². The van der Waals surface area contributed by atoms with Gasteiger partial charge in [-0.2, -0.15) is 0 Å². The standard InChI is InChI=1S/C14H11N3O2/c15-12-9(8-4-2-1-3-5-8)6-10(18)13-11(12)14(19)17-7-16-13/h1-7,18H,15H2,(H,16,17,19). The third kappa shape index (κ3) is 1.72. The summed E-state index contributed by atoms with van der Waals surface area (Å²) in [7, 11) is 0. The molecular formula is C14H11N3O2. The van der Waals surface area contributed by atoms with Gasteiger partial charge in [-0.3, -0.25) is 4.79 Å². The van der Waals surface area contributed by atoms with Gasteiger partial charge in [0.05, 0.1) is 17.4 Å². The van der Waals surface area contributed by atoms with E-state index in [1.165, 1.54) is 12.4 Å². The predicted octanol–water partition coefficient (Wildman–Crippen LogP) is 1.88. The van der Waals surface area contributed by atoms with E-state index in [1.807, 2.05) is 30.3 Å². The quantitative estimate of drug-likeness (QED) is 0.456. The van der Waals surface area contributed by atoms with Crippen molar-refractivity contribution in [3.8, 4) is 16.9 Å². The summed E-state index contributed by atoms with van der Waals surface area (Å²) < 4.78 is 0. The van der Waals surface area contributed by atoms with Crippen molar-refractivity contribution in [3.63, 3.8) is 0 Å². The first-order chi connectivity index (χ1) is 9.18. The number of nitrogens with two attached hydrogens (primary N) is 1. The first-order valence-electron chi connectivity index (χ1n) is 5.72. The molecule has 0 aliphatic rings. The lowest BCUT2D eigenvalue weighted by atomic mass is 10.0. The summed E-state index contributed by atoms with van der Waals surface area (Å²) in [5.41, 5.74) is 7.66. The normalized spacial score (nSPS) is 10.7. The second kappa shape index (κ2) is 4.13. The lowest BCUT2D eigenvalue weighted by molar-refractivity contribution is 0.480. The number of rotatable bonds is 1. The van der Waals surface area contributed by atoms with Crippen LogP contribution < -0.4 is 11.3 Å². The summed E-state index contributed by atoms with van der Waals surface area (Å²) in [4.78, 5) is 18.3. The average Bonchev–Trinajstić information content (AvgIpc) is 2.43. The van der Waals surface area contributed by atoms with Crippen molar-refractivity contribution in [2.24, 2.45) is 0 Å². The van der Waals surface area contributed by atoms with Gasteiger partial charge < -0.3 is 15.8 Å². The maximum absolute atomic E-state index is 11.8. The Bertz CT molecular complexity index is 810. The zero-order chi connectivity index (χ0) is 13.4. The number of nitrogens with one attached hydrogen (secondary N) is 1. The van der Waals surface area contributed by atoms with Crippen LogP contribution in [0.1, 0.15) is 0 Å². The van der Waals surface area contributed by atoms with Gasteiger partial charge in [0.2, 0.25) is 0 Å². The molecule has 3 aromatic rings. The van der Waals surface area contributed by atoms with Gasteiger partial charge in [-0.25, -0.2) is 4.98 Å². The lowest BCUT2D eigenvalue weighted by Crippen LogP contribution is -2.09. The number of aromatic hydroxyl groups is 1. The SMILES string of the molecule is Nc1c(-c2ccccc2)cc(O)c2nc[nH]c(=O)c12. The van der Waals surface area contributed by atoms with Crippen LogP contribution in [0.25, 0.3) is 22.0 Å². The molecule has 3 rings (SSSR count). The van der Waals surface area contributed by atoms with Crippen LogP contribution in [0.15, 0.2) is 47.5 Å². The Hall–Kier alpha value is -2.82. The minimum Gasteiger partial charge on any atom is -0.506 e. The number of phenols is 1. The van der Waals surface area contributed by atoms with E-state index in [2.05, 4.69) is 9.97 Å². The zero-order valence-electron chi connectivity index (χ0n) is 9.92. The number of hydrogen-bond acceptors (Lipinski definition) is 4. The molecule has 0 saturated heterocycles. The summed E-state index contributed by atoms with van der Waals surface area (Å²) in [5, 5.41) is 10.2. The fourth-order valence-corrected chi connectivity index (χ4v) is 2.12. The molecule has 5 nitrogen and oxygen atoms in total. The van der Waals surface area contributed by atoms with Crippen molar-refractivity contribution in [2.75, 3.05) is 5.73 Å². The maximum atomic E-state index is 11.8. The highest BCUT2D eigenvalue weighted by Gasteiger charge is 2.14. The van der Waals surface area contributed by atoms with Gasteiger partial charge in [0.1, 0.15) is 11.3 Å². The van der Waals surface area contributed by atoms with Crippen LogP contribution in [-0.4, -0.2) is 15.1 Å². The van der Waals surface area contributed by atoms with Gasteiger partial charge in [-0.05, 0) is 11.6 Å². The third-order valence-corrected chi connectivity index (χ3v) is 3.02. The van der Waals surface area contributed by atoms with E-state index in [0.717, 1.165) is 5.56 Å². The average molecular weight is 253 g/mol. The van der Waals surface area contributed by atoms with Crippen molar-refractivity contribution < 1.29 is 5.11 Å². The number of nitrogens with zero attached hydrogens (tertiary/aromatic N) is 1. The largest absolute Gasteiger partial charge is 0.506 e. The van der Waals surface area contributed by atoms with Crippen molar-refractivity contribution in [1.82, 2.24) is 9.97 Å². The highest BCUT2D eigenvalue weighted by molar-refractivity contribution is 6.01. The molecule has 0 radical (unpaired) electrons. The number of hydrogen-bond donors (Lipinski definition) is 3. The van der Waals surface area contributed by atoms with E-state index >= 15 is 0 Å². The summed E-state index contributed by atoms with van der Waals surface area (Å²) >= 11 is 0. The molecule has 0 bridgehead atoms. The molecule has 1 heterocycles. The smallest absolute Gasteiger partial charge is 0.260 e. The molecule has 0 fully saturated rings. The van der Waals surface area contributed by atoms with Crippen molar-refractivity contribution >= 4 is 16.6 Å². The van der Waals surface area contributed by atoms with Gasteiger partial charge in [0.25, 0.3) is 5.56 Å². The van der Waals surface area contributed by atoms with Crippen LogP contribution in [0, 0.1) is 0 Å². The lowest BCUT2D eigenvalue weighted by Gasteiger charge is -2.09. The summed E-state index contributed by atoms with van der Waals surface area (Å²) in [6.45, 7) is 0. The molecule has 94 valence electrons. The number of phenolic OH excluding ortho intramolecular Hbond substituents is 1. The van der Waals surface area contributed by atoms with Gasteiger partial charge >= 0.3 is 0 Å². The highest BCUT2D eigenvalue weighted by Crippen LogP contribution is 2.35. The van der Waals surface area contributed by atoms with Crippen molar-refractivity contribution in [2.45, 2.75) is 0 Å². The number of anilines is 1. The molecule has 19 heavy (non-hydrogen) atoms. The Morgan fingerprint density at radius 2 is 1.95 bits per heavy atom. The maximum Gasteiger partial charge on any atom is 0.260 e. The number of nitrogen functional groups attached to an aromatic ring is 1. The first kappa shape index (κ1) is 11.3. The van der Waals surface area contributed by atoms with Crippen LogP contribution >= 0.6 is 0 Å². The van der Waals surface area contributed by atoms with E-state index in [0.29, 0.717) is 11.3 Å². The molecule has 0 atom stereocenters. The van der Waals surface area contributed by atoms with Gasteiger partial charge in [-0.15, -0.1) is 0 Å². The first-order valence-corrected chi connectivity index (χ1v) is 5.72. The minimum atomic E-state index is -0.365. The van der Waals surface area contributed by atoms with Gasteiger partial charge in [0.15, 0.2) is 0 Å². The molecule has 1 aromatic heterocycles. The molecule has 0 spiro atoms. The highest BCUT2D eigenvalue weighted by atomic mass is 16.3. The Balaban J connectivity index is 2.44. The summed E-state index contributed by atoms with van der Waals surface area (Å²) in [6, 6.07) is 10.9. The third-order valence-electron chi connectivity index (χ3n) is 3.02. The van der Waals surface area contributed by atoms with E-state index in [9.17, 15) is 9.90 Å². The van der Waals surface area contributed by atoms with E-state index in [1.54, 1.807) is 0 Å². The second-order valence-corrected chi connectivity index (χ2v) is 4.18. The second-order valence-electron chi connectivity index (χ2n) is 4.18. The van der Waals surface area contributed by atoms with Crippen molar-refractivity contribution in [3.05, 3.63) is 53.1 Å². The Kier molecular flexibility index (Phi) is 2.45. The minimum absolute atomic E-state index is 0.0610. The van der Waals surface area contributed by atoms with Crippen LogP contribution in [0.3, 0.4) is 0 Å². The number of aromatic nitrogens is 2. The molecule has 0 saturated carbocycles. The Morgan fingerprint density at radius 1 is 1.21 bits per heavy atom. The number of H-pyrrole nitrogens is 1. The van der Waals surface area contributed by atoms with Crippen LogP contribution in [0.2, 0.25) is 0 Å².